The van der Waals surface area contributed by atoms with Crippen molar-refractivity contribution < 1.29 is 22.7 Å². The van der Waals surface area contributed by atoms with E-state index < -0.39 is 23.6 Å². The predicted molar refractivity (Wildman–Crippen MR) is 132 cm³/mol. The Morgan fingerprint density at radius 3 is 2.81 bits per heavy atom. The van der Waals surface area contributed by atoms with Crippen LogP contribution in [0.1, 0.15) is 40.3 Å². The van der Waals surface area contributed by atoms with E-state index in [1.165, 1.54) is 29.3 Å². The van der Waals surface area contributed by atoms with Crippen molar-refractivity contribution in [2.75, 3.05) is 0 Å². The first-order chi connectivity index (χ1) is 17.8. The third-order valence-corrected chi connectivity index (χ3v) is 6.09. The fourth-order valence-electron chi connectivity index (χ4n) is 4.05. The zero-order valence-corrected chi connectivity index (χ0v) is 20.5. The third kappa shape index (κ3) is 5.01. The maximum atomic E-state index is 14.3. The molecule has 3 heterocycles. The molecule has 0 aliphatic carbocycles. The average molecular weight is 524 g/mol. The van der Waals surface area contributed by atoms with Gasteiger partial charge < -0.3 is 14.5 Å². The molecular formula is C26H20ClF2N5O3. The summed E-state index contributed by atoms with van der Waals surface area (Å²) in [7, 11) is 0. The molecule has 0 bridgehead atoms. The molecule has 0 aliphatic heterocycles. The first-order valence-corrected chi connectivity index (χ1v) is 11.6. The fourth-order valence-corrected chi connectivity index (χ4v) is 4.32. The highest BCUT2D eigenvalue weighted by Crippen LogP contribution is 2.32. The molecule has 0 fully saturated rings. The normalized spacial score (nSPS) is 12.0. The van der Waals surface area contributed by atoms with E-state index in [9.17, 15) is 13.6 Å². The minimum Gasteiger partial charge on any atom is -0.487 e. The molecule has 2 aromatic carbocycles. The van der Waals surface area contributed by atoms with Crippen LogP contribution in [0, 0.1) is 18.6 Å². The van der Waals surface area contributed by atoms with Crippen LogP contribution < -0.4 is 10.1 Å². The zero-order valence-electron chi connectivity index (χ0n) is 19.7. The van der Waals surface area contributed by atoms with E-state index in [1.807, 2.05) is 13.0 Å². The summed E-state index contributed by atoms with van der Waals surface area (Å²) >= 11 is 6.41. The standard InChI is InChI=1S/C26H20ClF2N5O3/c1-14-6-23(34-10-17(29)9-31-34)18-4-3-5-24(25(18)32-14)37-11-20-19(7-16(28)8-21(20)27)15(2)33-26(35)22-12-36-13-30-22/h3-10,12-13,15H,11H2,1-2H3,(H,33,35)/t15-/m0/s1. The molecule has 0 saturated carbocycles. The van der Waals surface area contributed by atoms with Gasteiger partial charge in [-0.2, -0.15) is 5.10 Å². The lowest BCUT2D eigenvalue weighted by Crippen LogP contribution is -2.28. The minimum absolute atomic E-state index is 0.0287. The molecule has 0 saturated heterocycles. The van der Waals surface area contributed by atoms with Crippen molar-refractivity contribution in [1.29, 1.82) is 0 Å². The van der Waals surface area contributed by atoms with E-state index in [4.69, 9.17) is 20.8 Å². The summed E-state index contributed by atoms with van der Waals surface area (Å²) in [5.41, 5.74) is 2.90. The van der Waals surface area contributed by atoms with Gasteiger partial charge in [0, 0.05) is 16.6 Å². The number of nitrogens with one attached hydrogen (secondary N) is 1. The molecule has 1 N–H and O–H groups in total. The monoisotopic (exact) mass is 523 g/mol. The number of oxazole rings is 1. The van der Waals surface area contributed by atoms with Gasteiger partial charge in [-0.15, -0.1) is 0 Å². The van der Waals surface area contributed by atoms with Crippen LogP contribution in [0.3, 0.4) is 0 Å². The second kappa shape index (κ2) is 9.98. The van der Waals surface area contributed by atoms with Crippen LogP contribution in [0.5, 0.6) is 5.75 Å². The fraction of sp³-hybridized carbons (Fsp3) is 0.154. The molecule has 1 atom stereocenters. The van der Waals surface area contributed by atoms with Gasteiger partial charge >= 0.3 is 0 Å². The number of para-hydroxylation sites is 1. The van der Waals surface area contributed by atoms with Gasteiger partial charge in [0.05, 0.1) is 29.1 Å². The molecule has 37 heavy (non-hydrogen) atoms. The lowest BCUT2D eigenvalue weighted by molar-refractivity contribution is 0.0934. The highest BCUT2D eigenvalue weighted by atomic mass is 35.5. The van der Waals surface area contributed by atoms with Gasteiger partial charge in [0.15, 0.2) is 17.9 Å². The van der Waals surface area contributed by atoms with Crippen LogP contribution in [0.15, 0.2) is 65.9 Å². The molecule has 5 aromatic rings. The minimum atomic E-state index is -0.620. The maximum Gasteiger partial charge on any atom is 0.273 e. The highest BCUT2D eigenvalue weighted by molar-refractivity contribution is 6.31. The summed E-state index contributed by atoms with van der Waals surface area (Å²) in [6.45, 7) is 3.48. The molecule has 0 aliphatic rings. The Balaban J connectivity index is 1.47. The second-order valence-corrected chi connectivity index (χ2v) is 8.76. The van der Waals surface area contributed by atoms with Crippen molar-refractivity contribution in [2.45, 2.75) is 26.5 Å². The van der Waals surface area contributed by atoms with Crippen molar-refractivity contribution in [2.24, 2.45) is 0 Å². The highest BCUT2D eigenvalue weighted by Gasteiger charge is 2.20. The molecule has 1 amide bonds. The van der Waals surface area contributed by atoms with Gasteiger partial charge in [-0.25, -0.2) is 23.4 Å². The summed E-state index contributed by atoms with van der Waals surface area (Å²) in [5, 5.41) is 7.68. The summed E-state index contributed by atoms with van der Waals surface area (Å²) in [6, 6.07) is 9.03. The van der Waals surface area contributed by atoms with E-state index in [2.05, 4.69) is 20.4 Å². The Bertz CT molecular complexity index is 1600. The number of rotatable bonds is 7. The number of aromatic nitrogens is 4. The summed E-state index contributed by atoms with van der Waals surface area (Å²) in [5.74, 6) is -1.05. The van der Waals surface area contributed by atoms with E-state index in [-0.39, 0.29) is 17.3 Å². The number of hydrogen-bond acceptors (Lipinski definition) is 6. The number of carbonyl (C=O) groups excluding carboxylic acids is 1. The van der Waals surface area contributed by atoms with Gasteiger partial charge in [-0.1, -0.05) is 23.7 Å². The topological polar surface area (TPSA) is 95.1 Å². The van der Waals surface area contributed by atoms with E-state index >= 15 is 0 Å². The van der Waals surface area contributed by atoms with Gasteiger partial charge in [0.25, 0.3) is 5.91 Å². The number of aryl methyl sites for hydroxylation is 1. The molecular weight excluding hydrogens is 504 g/mol. The average Bonchev–Trinajstić information content (AvgIpc) is 3.55. The first kappa shape index (κ1) is 24.4. The van der Waals surface area contributed by atoms with Crippen LogP contribution in [-0.2, 0) is 6.61 Å². The molecule has 3 aromatic heterocycles. The Kier molecular flexibility index (Phi) is 6.58. The van der Waals surface area contributed by atoms with Gasteiger partial charge in [0.1, 0.15) is 30.0 Å². The van der Waals surface area contributed by atoms with Crippen LogP contribution in [-0.4, -0.2) is 25.7 Å². The predicted octanol–water partition coefficient (Wildman–Crippen LogP) is 5.72. The SMILES string of the molecule is Cc1cc(-n2cc(F)cn2)c2cccc(OCc3c(Cl)cc(F)cc3[C@H](C)NC(=O)c3cocn3)c2n1. The van der Waals surface area contributed by atoms with E-state index in [1.54, 1.807) is 25.1 Å². The Hall–Kier alpha value is -4.31. The Morgan fingerprint density at radius 1 is 1.24 bits per heavy atom. The number of carbonyl (C=O) groups is 1. The number of pyridine rings is 1. The van der Waals surface area contributed by atoms with Crippen molar-refractivity contribution >= 4 is 28.4 Å². The lowest BCUT2D eigenvalue weighted by Gasteiger charge is -2.20. The molecule has 5 rings (SSSR count). The first-order valence-electron chi connectivity index (χ1n) is 11.2. The van der Waals surface area contributed by atoms with Crippen molar-refractivity contribution in [3.05, 3.63) is 101 Å². The number of amides is 1. The third-order valence-electron chi connectivity index (χ3n) is 5.75. The zero-order chi connectivity index (χ0) is 26.1. The molecule has 0 radical (unpaired) electrons. The number of hydrogen-bond donors (Lipinski definition) is 1. The number of nitrogens with zero attached hydrogens (tertiary/aromatic N) is 4. The van der Waals surface area contributed by atoms with Crippen LogP contribution in [0.2, 0.25) is 5.02 Å². The van der Waals surface area contributed by atoms with Gasteiger partial charge in [-0.3, -0.25) is 4.79 Å². The lowest BCUT2D eigenvalue weighted by atomic mass is 10.0. The van der Waals surface area contributed by atoms with Crippen molar-refractivity contribution in [1.82, 2.24) is 25.1 Å². The van der Waals surface area contributed by atoms with Gasteiger partial charge in [-0.05, 0) is 43.7 Å². The molecule has 188 valence electrons. The molecule has 8 nitrogen and oxygen atoms in total. The van der Waals surface area contributed by atoms with Crippen LogP contribution in [0.25, 0.3) is 16.6 Å². The number of ether oxygens (including phenoxy) is 1. The number of halogens is 3. The van der Waals surface area contributed by atoms with E-state index in [0.717, 1.165) is 12.6 Å². The summed E-state index contributed by atoms with van der Waals surface area (Å²) < 4.78 is 40.3. The largest absolute Gasteiger partial charge is 0.487 e. The molecule has 0 unspecified atom stereocenters. The summed E-state index contributed by atoms with van der Waals surface area (Å²) in [6.07, 6.45) is 4.77. The quantitative estimate of drug-likeness (QED) is 0.293. The Labute approximate surface area is 214 Å². The number of benzene rings is 2. The maximum absolute atomic E-state index is 14.3. The van der Waals surface area contributed by atoms with Crippen molar-refractivity contribution in [3.63, 3.8) is 0 Å². The smallest absolute Gasteiger partial charge is 0.273 e. The summed E-state index contributed by atoms with van der Waals surface area (Å²) in [4.78, 5) is 20.9. The van der Waals surface area contributed by atoms with Crippen LogP contribution in [0.4, 0.5) is 8.78 Å². The van der Waals surface area contributed by atoms with Gasteiger partial charge in [0.2, 0.25) is 0 Å². The molecule has 0 spiro atoms. The van der Waals surface area contributed by atoms with E-state index in [0.29, 0.717) is 39.2 Å². The Morgan fingerprint density at radius 2 is 2.08 bits per heavy atom. The van der Waals surface area contributed by atoms with Crippen LogP contribution >= 0.6 is 11.6 Å². The molecule has 11 heteroatoms. The number of fused-ring (bicyclic) bond motifs is 1. The second-order valence-electron chi connectivity index (χ2n) is 8.35. The van der Waals surface area contributed by atoms with Crippen molar-refractivity contribution in [3.8, 4) is 11.4 Å².